The summed E-state index contributed by atoms with van der Waals surface area (Å²) in [5.41, 5.74) is 0.321. The summed E-state index contributed by atoms with van der Waals surface area (Å²) in [6.45, 7) is 0.609. The van der Waals surface area contributed by atoms with Crippen molar-refractivity contribution in [2.75, 3.05) is 6.54 Å². The number of rotatable bonds is 4. The predicted molar refractivity (Wildman–Crippen MR) is 99.4 cm³/mol. The zero-order chi connectivity index (χ0) is 19.7. The van der Waals surface area contributed by atoms with Crippen molar-refractivity contribution in [2.45, 2.75) is 37.5 Å². The molecule has 146 valence electrons. The maximum Gasteiger partial charge on any atom is 0.408 e. The first-order valence-electron chi connectivity index (χ1n) is 9.28. The number of hydrogen-bond acceptors (Lipinski definition) is 3. The maximum atomic E-state index is 13.7. The Morgan fingerprint density at radius 1 is 1.21 bits per heavy atom. The second-order valence-electron chi connectivity index (χ2n) is 7.19. The summed E-state index contributed by atoms with van der Waals surface area (Å²) in [7, 11) is 0. The molecule has 0 aliphatic carbocycles. The molecule has 2 aliphatic heterocycles. The van der Waals surface area contributed by atoms with E-state index in [1.165, 1.54) is 11.0 Å². The van der Waals surface area contributed by atoms with Gasteiger partial charge in [0.15, 0.2) is 0 Å². The van der Waals surface area contributed by atoms with Crippen LogP contribution in [0.15, 0.2) is 48.5 Å². The average Bonchev–Trinajstić information content (AvgIpc) is 3.26. The number of ether oxygens (including phenoxy) is 1. The van der Waals surface area contributed by atoms with E-state index in [0.29, 0.717) is 37.1 Å². The Kier molecular flexibility index (Phi) is 4.66. The van der Waals surface area contributed by atoms with E-state index in [-0.39, 0.29) is 24.4 Å². The highest BCUT2D eigenvalue weighted by Crippen LogP contribution is 2.46. The Bertz CT molecular complexity index is 902. The number of nitrogens with zero attached hydrogens (tertiary/aromatic N) is 1. The normalized spacial score (nSPS) is 23.8. The van der Waals surface area contributed by atoms with Crippen LogP contribution in [0.1, 0.15) is 36.4 Å². The lowest BCUT2D eigenvalue weighted by Crippen LogP contribution is -2.52. The fourth-order valence-corrected chi connectivity index (χ4v) is 4.25. The highest BCUT2D eigenvalue weighted by Gasteiger charge is 2.56. The van der Waals surface area contributed by atoms with Gasteiger partial charge in [0.25, 0.3) is 0 Å². The van der Waals surface area contributed by atoms with E-state index in [0.717, 1.165) is 5.56 Å². The van der Waals surface area contributed by atoms with Gasteiger partial charge in [-0.2, -0.15) is 0 Å². The highest BCUT2D eigenvalue weighted by molar-refractivity contribution is 5.92. The third-order valence-electron chi connectivity index (χ3n) is 5.67. The predicted octanol–water partition coefficient (Wildman–Crippen LogP) is 3.48. The molecular formula is C21H21FN2O4. The molecule has 0 unspecified atom stereocenters. The summed E-state index contributed by atoms with van der Waals surface area (Å²) in [6, 6.07) is 13.2. The van der Waals surface area contributed by atoms with Gasteiger partial charge in [-0.3, -0.25) is 9.69 Å². The molecule has 2 aromatic carbocycles. The van der Waals surface area contributed by atoms with E-state index in [1.54, 1.807) is 30.3 Å². The lowest BCUT2D eigenvalue weighted by atomic mass is 9.95. The Labute approximate surface area is 161 Å². The Morgan fingerprint density at radius 3 is 2.61 bits per heavy atom. The molecule has 2 aromatic rings. The quantitative estimate of drug-likeness (QED) is 0.846. The summed E-state index contributed by atoms with van der Waals surface area (Å²) in [4.78, 5) is 25.6. The van der Waals surface area contributed by atoms with E-state index in [4.69, 9.17) is 4.74 Å². The monoisotopic (exact) mass is 384 g/mol. The Hall–Kier alpha value is -3.09. The zero-order valence-electron chi connectivity index (χ0n) is 15.2. The van der Waals surface area contributed by atoms with Crippen LogP contribution < -0.4 is 10.1 Å². The van der Waals surface area contributed by atoms with Crippen LogP contribution in [0.2, 0.25) is 0 Å². The molecule has 6 nitrogen and oxygen atoms in total. The van der Waals surface area contributed by atoms with Crippen molar-refractivity contribution in [3.8, 4) is 5.75 Å². The third kappa shape index (κ3) is 3.06. The van der Waals surface area contributed by atoms with Crippen molar-refractivity contribution in [3.05, 3.63) is 65.5 Å². The molecule has 0 saturated carbocycles. The molecule has 2 saturated heterocycles. The standard InChI is InChI=1S/C21H21FN2O4/c22-17-4-2-1-3-15(17)13-28-16-7-5-14(6-8-16)18-9-10-21(24(18)20(26)27)11-12-23-19(21)25/h1-8,18H,9-13H2,(H,23,25)(H,26,27)/t18-,21-/m1/s1. The first kappa shape index (κ1) is 18.3. The molecular weight excluding hydrogens is 363 g/mol. The number of likely N-dealkylation sites (tertiary alicyclic amines) is 1. The van der Waals surface area contributed by atoms with E-state index in [1.807, 2.05) is 12.1 Å². The van der Waals surface area contributed by atoms with Crippen LogP contribution in [-0.2, 0) is 11.4 Å². The summed E-state index contributed by atoms with van der Waals surface area (Å²) >= 11 is 0. The molecule has 2 fully saturated rings. The summed E-state index contributed by atoms with van der Waals surface area (Å²) in [5, 5.41) is 12.5. The van der Waals surface area contributed by atoms with Gasteiger partial charge < -0.3 is 15.2 Å². The van der Waals surface area contributed by atoms with Crippen molar-refractivity contribution in [1.29, 1.82) is 0 Å². The molecule has 0 aromatic heterocycles. The van der Waals surface area contributed by atoms with Crippen LogP contribution in [0, 0.1) is 5.82 Å². The van der Waals surface area contributed by atoms with E-state index in [2.05, 4.69) is 5.32 Å². The van der Waals surface area contributed by atoms with E-state index in [9.17, 15) is 19.1 Å². The van der Waals surface area contributed by atoms with Gasteiger partial charge >= 0.3 is 6.09 Å². The second-order valence-corrected chi connectivity index (χ2v) is 7.19. The number of amides is 2. The van der Waals surface area contributed by atoms with Gasteiger partial charge in [0.05, 0.1) is 6.04 Å². The molecule has 2 amide bonds. The molecule has 2 N–H and O–H groups in total. The van der Waals surface area contributed by atoms with Crippen molar-refractivity contribution in [1.82, 2.24) is 10.2 Å². The van der Waals surface area contributed by atoms with Crippen LogP contribution in [0.3, 0.4) is 0 Å². The average molecular weight is 384 g/mol. The fraction of sp³-hybridized carbons (Fsp3) is 0.333. The molecule has 0 bridgehead atoms. The second kappa shape index (κ2) is 7.14. The van der Waals surface area contributed by atoms with Crippen LogP contribution >= 0.6 is 0 Å². The number of carbonyl (C=O) groups is 2. The van der Waals surface area contributed by atoms with Gasteiger partial charge in [-0.05, 0) is 43.0 Å². The first-order chi connectivity index (χ1) is 13.5. The molecule has 2 heterocycles. The van der Waals surface area contributed by atoms with E-state index < -0.39 is 11.6 Å². The zero-order valence-corrected chi connectivity index (χ0v) is 15.2. The third-order valence-corrected chi connectivity index (χ3v) is 5.67. The lowest BCUT2D eigenvalue weighted by molar-refractivity contribution is -0.128. The van der Waals surface area contributed by atoms with Gasteiger partial charge in [0.2, 0.25) is 5.91 Å². The van der Waals surface area contributed by atoms with Crippen molar-refractivity contribution >= 4 is 12.0 Å². The molecule has 2 atom stereocenters. The number of halogens is 1. The molecule has 28 heavy (non-hydrogen) atoms. The van der Waals surface area contributed by atoms with Gasteiger partial charge in [-0.15, -0.1) is 0 Å². The Morgan fingerprint density at radius 2 is 1.96 bits per heavy atom. The SMILES string of the molecule is O=C(O)N1[C@@H](c2ccc(OCc3ccccc3F)cc2)CC[C@]12CCNC2=O. The first-order valence-corrected chi connectivity index (χ1v) is 9.28. The summed E-state index contributed by atoms with van der Waals surface area (Å²) < 4.78 is 19.3. The minimum Gasteiger partial charge on any atom is -0.489 e. The number of carboxylic acid groups (broad SMARTS) is 1. The van der Waals surface area contributed by atoms with Crippen molar-refractivity contribution in [2.24, 2.45) is 0 Å². The van der Waals surface area contributed by atoms with Crippen LogP contribution in [0.25, 0.3) is 0 Å². The van der Waals surface area contributed by atoms with Crippen LogP contribution in [0.4, 0.5) is 9.18 Å². The largest absolute Gasteiger partial charge is 0.489 e. The molecule has 0 radical (unpaired) electrons. The molecule has 7 heteroatoms. The number of hydrogen-bond donors (Lipinski definition) is 2. The minimum atomic E-state index is -1.08. The fourth-order valence-electron chi connectivity index (χ4n) is 4.25. The molecule has 2 aliphatic rings. The van der Waals surface area contributed by atoms with Gasteiger partial charge in [0, 0.05) is 12.1 Å². The highest BCUT2D eigenvalue weighted by atomic mass is 19.1. The Balaban J connectivity index is 1.50. The molecule has 1 spiro atoms. The van der Waals surface area contributed by atoms with Gasteiger partial charge in [0.1, 0.15) is 23.7 Å². The van der Waals surface area contributed by atoms with Crippen LogP contribution in [-0.4, -0.2) is 34.1 Å². The number of benzene rings is 2. The van der Waals surface area contributed by atoms with Gasteiger partial charge in [-0.25, -0.2) is 9.18 Å². The van der Waals surface area contributed by atoms with Crippen molar-refractivity contribution < 1.29 is 23.8 Å². The molecule has 4 rings (SSSR count). The summed E-state index contributed by atoms with van der Waals surface area (Å²) in [6.07, 6.45) is 0.522. The minimum absolute atomic E-state index is 0.111. The smallest absolute Gasteiger partial charge is 0.408 e. The lowest BCUT2D eigenvalue weighted by Gasteiger charge is -2.34. The van der Waals surface area contributed by atoms with Crippen molar-refractivity contribution in [3.63, 3.8) is 0 Å². The number of carbonyl (C=O) groups excluding carboxylic acids is 1. The maximum absolute atomic E-state index is 13.7. The van der Waals surface area contributed by atoms with Gasteiger partial charge in [-0.1, -0.05) is 30.3 Å². The van der Waals surface area contributed by atoms with E-state index >= 15 is 0 Å². The number of nitrogens with one attached hydrogen (secondary N) is 1. The topological polar surface area (TPSA) is 78.9 Å². The van der Waals surface area contributed by atoms with Crippen LogP contribution in [0.5, 0.6) is 5.75 Å². The summed E-state index contributed by atoms with van der Waals surface area (Å²) in [5.74, 6) is 0.0461.